The van der Waals surface area contributed by atoms with E-state index in [-0.39, 0.29) is 5.82 Å². The number of nitriles is 1. The van der Waals surface area contributed by atoms with Crippen LogP contribution in [0.1, 0.15) is 50.2 Å². The predicted molar refractivity (Wildman–Crippen MR) is 74.0 cm³/mol. The quantitative estimate of drug-likeness (QED) is 0.840. The lowest BCUT2D eigenvalue weighted by Gasteiger charge is -2.16. The number of halogens is 1. The molecule has 2 nitrogen and oxygen atoms in total. The molecule has 0 heterocycles. The van der Waals surface area contributed by atoms with Gasteiger partial charge in [0.25, 0.3) is 0 Å². The molecule has 2 atom stereocenters. The Labute approximate surface area is 114 Å². The molecule has 1 aromatic carbocycles. The van der Waals surface area contributed by atoms with Crippen molar-refractivity contribution >= 4 is 0 Å². The smallest absolute Gasteiger partial charge is 0.127 e. The van der Waals surface area contributed by atoms with Gasteiger partial charge in [-0.1, -0.05) is 19.8 Å². The van der Waals surface area contributed by atoms with E-state index in [0.29, 0.717) is 23.7 Å². The summed E-state index contributed by atoms with van der Waals surface area (Å²) in [6, 6.07) is 7.08. The summed E-state index contributed by atoms with van der Waals surface area (Å²) < 4.78 is 13.7. The maximum Gasteiger partial charge on any atom is 0.127 e. The van der Waals surface area contributed by atoms with E-state index in [9.17, 15) is 4.39 Å². The summed E-state index contributed by atoms with van der Waals surface area (Å²) >= 11 is 0. The van der Waals surface area contributed by atoms with E-state index < -0.39 is 0 Å². The number of hydrogen-bond acceptors (Lipinski definition) is 2. The van der Waals surface area contributed by atoms with Crippen LogP contribution in [0.4, 0.5) is 4.39 Å². The van der Waals surface area contributed by atoms with Crippen molar-refractivity contribution in [1.82, 2.24) is 5.32 Å². The SMILES string of the molecule is CC1CCCC(NCc2cc(C#N)ccc2F)CC1. The molecule has 3 heteroatoms. The number of hydrogen-bond donors (Lipinski definition) is 1. The maximum absolute atomic E-state index is 13.7. The Bertz CT molecular complexity index is 464. The largest absolute Gasteiger partial charge is 0.310 e. The third-order valence-electron chi connectivity index (χ3n) is 4.01. The van der Waals surface area contributed by atoms with Gasteiger partial charge in [0.15, 0.2) is 0 Å². The summed E-state index contributed by atoms with van der Waals surface area (Å²) in [5.41, 5.74) is 1.11. The minimum atomic E-state index is -0.228. The molecule has 0 spiro atoms. The van der Waals surface area contributed by atoms with Gasteiger partial charge < -0.3 is 5.32 Å². The highest BCUT2D eigenvalue weighted by Gasteiger charge is 2.16. The van der Waals surface area contributed by atoms with E-state index in [1.165, 1.54) is 44.2 Å². The van der Waals surface area contributed by atoms with Crippen LogP contribution >= 0.6 is 0 Å². The van der Waals surface area contributed by atoms with Crippen LogP contribution in [-0.2, 0) is 6.54 Å². The molecule has 1 N–H and O–H groups in total. The predicted octanol–water partition coefficient (Wildman–Crippen LogP) is 3.76. The molecule has 1 saturated carbocycles. The van der Waals surface area contributed by atoms with Gasteiger partial charge >= 0.3 is 0 Å². The first-order chi connectivity index (χ1) is 9.19. The van der Waals surface area contributed by atoms with Crippen LogP contribution in [0.25, 0.3) is 0 Å². The van der Waals surface area contributed by atoms with Crippen molar-refractivity contribution in [3.05, 3.63) is 35.1 Å². The van der Waals surface area contributed by atoms with E-state index in [0.717, 1.165) is 5.92 Å². The fourth-order valence-corrected chi connectivity index (χ4v) is 2.73. The third-order valence-corrected chi connectivity index (χ3v) is 4.01. The normalized spacial score (nSPS) is 23.6. The average molecular weight is 260 g/mol. The first kappa shape index (κ1) is 14.0. The van der Waals surface area contributed by atoms with Gasteiger partial charge in [-0.2, -0.15) is 5.26 Å². The summed E-state index contributed by atoms with van der Waals surface area (Å²) in [6.45, 7) is 2.82. The van der Waals surface area contributed by atoms with E-state index in [4.69, 9.17) is 5.26 Å². The number of nitrogens with one attached hydrogen (secondary N) is 1. The molecule has 0 radical (unpaired) electrons. The Balaban J connectivity index is 1.93. The van der Waals surface area contributed by atoms with Crippen LogP contribution in [0, 0.1) is 23.1 Å². The summed E-state index contributed by atoms with van der Waals surface area (Å²) in [5.74, 6) is 0.582. The van der Waals surface area contributed by atoms with Crippen molar-refractivity contribution < 1.29 is 4.39 Å². The standard InChI is InChI=1S/C16H21FN2/c1-12-3-2-4-15(7-5-12)19-11-14-9-13(10-18)6-8-16(14)17/h6,8-9,12,15,19H,2-5,7,11H2,1H3. The molecule has 0 aromatic heterocycles. The Morgan fingerprint density at radius 1 is 1.32 bits per heavy atom. The zero-order valence-corrected chi connectivity index (χ0v) is 11.5. The fourth-order valence-electron chi connectivity index (χ4n) is 2.73. The van der Waals surface area contributed by atoms with Crippen molar-refractivity contribution in [1.29, 1.82) is 5.26 Å². The molecule has 0 saturated heterocycles. The highest BCUT2D eigenvalue weighted by atomic mass is 19.1. The van der Waals surface area contributed by atoms with Crippen LogP contribution in [0.15, 0.2) is 18.2 Å². The summed E-state index contributed by atoms with van der Waals surface area (Å²) in [6.07, 6.45) is 6.14. The van der Waals surface area contributed by atoms with Gasteiger partial charge in [-0.05, 0) is 43.4 Å². The Morgan fingerprint density at radius 2 is 2.16 bits per heavy atom. The van der Waals surface area contributed by atoms with Crippen molar-refractivity contribution in [2.45, 2.75) is 51.6 Å². The minimum absolute atomic E-state index is 0.228. The molecule has 19 heavy (non-hydrogen) atoms. The van der Waals surface area contributed by atoms with Crippen molar-refractivity contribution in [2.75, 3.05) is 0 Å². The second kappa shape index (κ2) is 6.68. The lowest BCUT2D eigenvalue weighted by atomic mass is 10.0. The number of rotatable bonds is 3. The Kier molecular flexibility index (Phi) is 4.93. The highest BCUT2D eigenvalue weighted by Crippen LogP contribution is 2.23. The molecule has 1 aliphatic carbocycles. The molecule has 2 unspecified atom stereocenters. The van der Waals surface area contributed by atoms with Gasteiger partial charge in [-0.25, -0.2) is 4.39 Å². The second-order valence-electron chi connectivity index (χ2n) is 5.61. The summed E-state index contributed by atoms with van der Waals surface area (Å²) in [7, 11) is 0. The van der Waals surface area contributed by atoms with Crippen LogP contribution in [0.5, 0.6) is 0 Å². The topological polar surface area (TPSA) is 35.8 Å². The lowest BCUT2D eigenvalue weighted by molar-refractivity contribution is 0.442. The second-order valence-corrected chi connectivity index (χ2v) is 5.61. The van der Waals surface area contributed by atoms with Crippen molar-refractivity contribution in [3.8, 4) is 6.07 Å². The van der Waals surface area contributed by atoms with Gasteiger partial charge in [0.1, 0.15) is 5.82 Å². The first-order valence-corrected chi connectivity index (χ1v) is 7.11. The summed E-state index contributed by atoms with van der Waals surface area (Å²) in [5, 5.41) is 12.3. The van der Waals surface area contributed by atoms with Crippen molar-refractivity contribution in [2.24, 2.45) is 5.92 Å². The Hall–Kier alpha value is -1.40. The molecular formula is C16H21FN2. The molecule has 0 aliphatic heterocycles. The zero-order chi connectivity index (χ0) is 13.7. The molecule has 0 bridgehead atoms. The molecule has 1 aliphatic rings. The van der Waals surface area contributed by atoms with E-state index in [2.05, 4.69) is 18.3 Å². The van der Waals surface area contributed by atoms with E-state index in [1.54, 1.807) is 6.07 Å². The number of nitrogens with zero attached hydrogens (tertiary/aromatic N) is 1. The molecule has 0 amide bonds. The first-order valence-electron chi connectivity index (χ1n) is 7.11. The average Bonchev–Trinajstić information content (AvgIpc) is 2.63. The minimum Gasteiger partial charge on any atom is -0.310 e. The van der Waals surface area contributed by atoms with Gasteiger partial charge in [0.05, 0.1) is 11.6 Å². The van der Waals surface area contributed by atoms with Crippen LogP contribution < -0.4 is 5.32 Å². The highest BCUT2D eigenvalue weighted by molar-refractivity contribution is 5.33. The third kappa shape index (κ3) is 4.04. The van der Waals surface area contributed by atoms with Gasteiger partial charge in [-0.15, -0.1) is 0 Å². The molecule has 1 aromatic rings. The van der Waals surface area contributed by atoms with Gasteiger partial charge in [0.2, 0.25) is 0 Å². The monoisotopic (exact) mass is 260 g/mol. The van der Waals surface area contributed by atoms with Gasteiger partial charge in [-0.3, -0.25) is 0 Å². The summed E-state index contributed by atoms with van der Waals surface area (Å²) in [4.78, 5) is 0. The maximum atomic E-state index is 13.7. The van der Waals surface area contributed by atoms with Crippen molar-refractivity contribution in [3.63, 3.8) is 0 Å². The van der Waals surface area contributed by atoms with E-state index in [1.807, 2.05) is 0 Å². The fraction of sp³-hybridized carbons (Fsp3) is 0.562. The van der Waals surface area contributed by atoms with Crippen LogP contribution in [-0.4, -0.2) is 6.04 Å². The van der Waals surface area contributed by atoms with Crippen LogP contribution in [0.2, 0.25) is 0 Å². The van der Waals surface area contributed by atoms with Gasteiger partial charge in [0, 0.05) is 18.2 Å². The van der Waals surface area contributed by atoms with Crippen LogP contribution in [0.3, 0.4) is 0 Å². The Morgan fingerprint density at radius 3 is 2.95 bits per heavy atom. The lowest BCUT2D eigenvalue weighted by Crippen LogP contribution is -2.28. The van der Waals surface area contributed by atoms with E-state index >= 15 is 0 Å². The molecular weight excluding hydrogens is 239 g/mol. The number of benzene rings is 1. The molecule has 1 fully saturated rings. The molecule has 2 rings (SSSR count). The zero-order valence-electron chi connectivity index (χ0n) is 11.5. The molecule has 102 valence electrons.